The summed E-state index contributed by atoms with van der Waals surface area (Å²) in [5.74, 6) is -1.04. The Balaban J connectivity index is 1.67. The van der Waals surface area contributed by atoms with E-state index in [1.54, 1.807) is 18.3 Å². The maximum atomic E-state index is 13.8. The van der Waals surface area contributed by atoms with Crippen LogP contribution in [-0.4, -0.2) is 30.4 Å². The molecule has 0 bridgehead atoms. The summed E-state index contributed by atoms with van der Waals surface area (Å²) in [6.07, 6.45) is 3.99. The van der Waals surface area contributed by atoms with Crippen molar-refractivity contribution in [2.24, 2.45) is 11.7 Å². The molecule has 1 aromatic heterocycles. The molecule has 34 heavy (non-hydrogen) atoms. The van der Waals surface area contributed by atoms with Gasteiger partial charge in [-0.05, 0) is 66.3 Å². The monoisotopic (exact) mass is 477 g/mol. The predicted octanol–water partition coefficient (Wildman–Crippen LogP) is 4.75. The van der Waals surface area contributed by atoms with Crippen LogP contribution in [0.1, 0.15) is 55.2 Å². The first-order chi connectivity index (χ1) is 16.5. The molecule has 1 fully saturated rings. The van der Waals surface area contributed by atoms with Crippen LogP contribution in [0.25, 0.3) is 10.1 Å². The quantitative estimate of drug-likeness (QED) is 0.247. The zero-order chi connectivity index (χ0) is 24.1. The van der Waals surface area contributed by atoms with Gasteiger partial charge >= 0.3 is 5.97 Å². The number of amidine groups is 1. The first kappa shape index (κ1) is 24.0. The number of hydrogen-bond donors (Lipinski definition) is 3. The van der Waals surface area contributed by atoms with Crippen molar-refractivity contribution >= 4 is 39.1 Å². The van der Waals surface area contributed by atoms with E-state index < -0.39 is 5.92 Å². The molecule has 178 valence electrons. The van der Waals surface area contributed by atoms with Gasteiger partial charge in [0.15, 0.2) is 0 Å². The van der Waals surface area contributed by atoms with Crippen LogP contribution < -0.4 is 11.1 Å². The normalized spacial score (nSPS) is 18.9. The SMILES string of the molecule is CCOC(=O)[C@@H]1CCCC[C@@H]1NC(=O)C(Cc1ccccc1)c1csc2ccc(C(=N)N)cc12. The van der Waals surface area contributed by atoms with E-state index in [1.807, 2.05) is 53.9 Å². The number of rotatable bonds is 8. The highest BCUT2D eigenvalue weighted by Crippen LogP contribution is 2.35. The molecule has 1 aliphatic rings. The summed E-state index contributed by atoms with van der Waals surface area (Å²) in [7, 11) is 0. The third-order valence-corrected chi connectivity index (χ3v) is 7.55. The topological polar surface area (TPSA) is 105 Å². The van der Waals surface area contributed by atoms with Crippen molar-refractivity contribution in [3.63, 3.8) is 0 Å². The summed E-state index contributed by atoms with van der Waals surface area (Å²) >= 11 is 1.58. The minimum atomic E-state index is -0.428. The average molecular weight is 478 g/mol. The Morgan fingerprint density at radius 1 is 1.18 bits per heavy atom. The van der Waals surface area contributed by atoms with E-state index in [1.165, 1.54) is 0 Å². The van der Waals surface area contributed by atoms with Crippen molar-refractivity contribution in [1.29, 1.82) is 5.41 Å². The van der Waals surface area contributed by atoms with Crippen molar-refractivity contribution in [1.82, 2.24) is 5.32 Å². The number of nitrogen functional groups attached to an aromatic ring is 1. The number of ether oxygens (including phenoxy) is 1. The van der Waals surface area contributed by atoms with E-state index >= 15 is 0 Å². The number of amides is 1. The predicted molar refractivity (Wildman–Crippen MR) is 136 cm³/mol. The summed E-state index contributed by atoms with van der Waals surface area (Å²) in [5.41, 5.74) is 8.37. The lowest BCUT2D eigenvalue weighted by Gasteiger charge is -2.32. The van der Waals surface area contributed by atoms with Gasteiger partial charge in [0, 0.05) is 16.3 Å². The van der Waals surface area contributed by atoms with Gasteiger partial charge in [-0.2, -0.15) is 0 Å². The lowest BCUT2D eigenvalue weighted by molar-refractivity contribution is -0.150. The highest BCUT2D eigenvalue weighted by atomic mass is 32.1. The molecule has 4 rings (SSSR count). The molecular formula is C27H31N3O3S. The van der Waals surface area contributed by atoms with Crippen molar-refractivity contribution in [3.8, 4) is 0 Å². The van der Waals surface area contributed by atoms with Gasteiger partial charge in [0.05, 0.1) is 18.4 Å². The number of carbonyl (C=O) groups is 2. The van der Waals surface area contributed by atoms with Crippen LogP contribution in [0.3, 0.4) is 0 Å². The minimum Gasteiger partial charge on any atom is -0.466 e. The molecule has 0 saturated heterocycles. The number of hydrogen-bond acceptors (Lipinski definition) is 5. The van der Waals surface area contributed by atoms with Crippen LogP contribution in [0.5, 0.6) is 0 Å². The Morgan fingerprint density at radius 2 is 1.94 bits per heavy atom. The van der Waals surface area contributed by atoms with Gasteiger partial charge in [0.2, 0.25) is 5.91 Å². The molecule has 7 heteroatoms. The number of esters is 1. The standard InChI is InChI=1S/C27H31N3O3S/c1-2-33-27(32)19-10-6-7-11-23(19)30-26(31)21(14-17-8-4-3-5-9-17)22-16-34-24-13-12-18(25(28)29)15-20(22)24/h3-5,8-9,12-13,15-16,19,21,23H,2,6-7,10-11,14H2,1H3,(H3,28,29)(H,30,31)/t19-,21?,23+/m1/s1. The van der Waals surface area contributed by atoms with Gasteiger partial charge in [0.1, 0.15) is 5.84 Å². The summed E-state index contributed by atoms with van der Waals surface area (Å²) in [6.45, 7) is 2.15. The summed E-state index contributed by atoms with van der Waals surface area (Å²) in [5, 5.41) is 14.0. The Bertz CT molecular complexity index is 1170. The summed E-state index contributed by atoms with van der Waals surface area (Å²) < 4.78 is 6.34. The van der Waals surface area contributed by atoms with Crippen molar-refractivity contribution < 1.29 is 14.3 Å². The molecule has 1 aliphatic carbocycles. The van der Waals surface area contributed by atoms with Gasteiger partial charge in [-0.25, -0.2) is 0 Å². The fraction of sp³-hybridized carbons (Fsp3) is 0.370. The number of nitrogens with one attached hydrogen (secondary N) is 2. The number of benzene rings is 2. The van der Waals surface area contributed by atoms with E-state index in [2.05, 4.69) is 5.32 Å². The molecule has 0 aliphatic heterocycles. The van der Waals surface area contributed by atoms with Gasteiger partial charge < -0.3 is 15.8 Å². The molecule has 4 N–H and O–H groups in total. The first-order valence-electron chi connectivity index (χ1n) is 11.8. The molecule has 0 spiro atoms. The van der Waals surface area contributed by atoms with Crippen LogP contribution in [0.4, 0.5) is 0 Å². The van der Waals surface area contributed by atoms with E-state index in [4.69, 9.17) is 15.9 Å². The van der Waals surface area contributed by atoms with Crippen molar-refractivity contribution in [2.45, 2.75) is 51.0 Å². The summed E-state index contributed by atoms with van der Waals surface area (Å²) in [6, 6.07) is 15.4. The largest absolute Gasteiger partial charge is 0.466 e. The fourth-order valence-electron chi connectivity index (χ4n) is 4.80. The second kappa shape index (κ2) is 10.8. The number of carbonyl (C=O) groups excluding carboxylic acids is 2. The minimum absolute atomic E-state index is 0.00240. The van der Waals surface area contributed by atoms with Crippen LogP contribution in [-0.2, 0) is 20.7 Å². The van der Waals surface area contributed by atoms with Crippen LogP contribution in [0.15, 0.2) is 53.9 Å². The molecule has 6 nitrogen and oxygen atoms in total. The van der Waals surface area contributed by atoms with Crippen LogP contribution in [0.2, 0.25) is 0 Å². The fourth-order valence-corrected chi connectivity index (χ4v) is 5.79. The zero-order valence-corrected chi connectivity index (χ0v) is 20.2. The molecule has 1 unspecified atom stereocenters. The molecule has 1 saturated carbocycles. The number of fused-ring (bicyclic) bond motifs is 1. The number of nitrogens with two attached hydrogens (primary N) is 1. The van der Waals surface area contributed by atoms with Gasteiger partial charge in [-0.3, -0.25) is 15.0 Å². The maximum Gasteiger partial charge on any atom is 0.311 e. The van der Waals surface area contributed by atoms with E-state index in [9.17, 15) is 9.59 Å². The second-order valence-electron chi connectivity index (χ2n) is 8.82. The molecule has 2 aromatic carbocycles. The third kappa shape index (κ3) is 5.30. The van der Waals surface area contributed by atoms with E-state index in [0.717, 1.165) is 46.9 Å². The lowest BCUT2D eigenvalue weighted by atomic mass is 9.83. The molecule has 1 heterocycles. The molecule has 0 radical (unpaired) electrons. The number of thiophene rings is 1. The highest BCUT2D eigenvalue weighted by molar-refractivity contribution is 7.17. The second-order valence-corrected chi connectivity index (χ2v) is 9.73. The Kier molecular flexibility index (Phi) is 7.63. The van der Waals surface area contributed by atoms with Gasteiger partial charge in [-0.1, -0.05) is 43.2 Å². The van der Waals surface area contributed by atoms with Gasteiger partial charge in [0.25, 0.3) is 0 Å². The van der Waals surface area contributed by atoms with E-state index in [-0.39, 0.29) is 29.7 Å². The van der Waals surface area contributed by atoms with Crippen LogP contribution in [0, 0.1) is 11.3 Å². The Labute approximate surface area is 204 Å². The van der Waals surface area contributed by atoms with Crippen LogP contribution >= 0.6 is 11.3 Å². The maximum absolute atomic E-state index is 13.8. The van der Waals surface area contributed by atoms with Gasteiger partial charge in [-0.15, -0.1) is 11.3 Å². The van der Waals surface area contributed by atoms with Crippen molar-refractivity contribution in [3.05, 3.63) is 70.6 Å². The smallest absolute Gasteiger partial charge is 0.311 e. The summed E-state index contributed by atoms with van der Waals surface area (Å²) in [4.78, 5) is 26.3. The molecule has 3 aromatic rings. The lowest BCUT2D eigenvalue weighted by Crippen LogP contribution is -2.47. The molecule has 3 atom stereocenters. The highest BCUT2D eigenvalue weighted by Gasteiger charge is 2.35. The molecule has 1 amide bonds. The zero-order valence-electron chi connectivity index (χ0n) is 19.4. The molecular weight excluding hydrogens is 446 g/mol. The Hall–Kier alpha value is -3.19. The third-order valence-electron chi connectivity index (χ3n) is 6.57. The van der Waals surface area contributed by atoms with E-state index in [0.29, 0.717) is 18.6 Å². The van der Waals surface area contributed by atoms with Crippen molar-refractivity contribution in [2.75, 3.05) is 6.61 Å². The average Bonchev–Trinajstić information content (AvgIpc) is 3.26. The Morgan fingerprint density at radius 3 is 2.68 bits per heavy atom. The first-order valence-corrected chi connectivity index (χ1v) is 12.7.